The molecule has 2 heterocycles. The number of carboxylic acids is 1. The Morgan fingerprint density at radius 2 is 1.32 bits per heavy atom. The SMILES string of the molecule is O=C(O)[C@H](CCCCN1C(=O)/C(=C\C=C/c2ccccc2)SC1=S)N1C(=O)/C(=C\C=C\c2ccccc2)SC1=S. The fourth-order valence-electron chi connectivity index (χ4n) is 4.06. The van der Waals surface area contributed by atoms with E-state index in [9.17, 15) is 19.5 Å². The van der Waals surface area contributed by atoms with Gasteiger partial charge in [0.15, 0.2) is 0 Å². The number of carbonyl (C=O) groups excluding carboxylic acids is 2. The first-order valence-electron chi connectivity index (χ1n) is 12.5. The number of hydrogen-bond acceptors (Lipinski definition) is 7. The van der Waals surface area contributed by atoms with Crippen molar-refractivity contribution in [2.24, 2.45) is 0 Å². The highest BCUT2D eigenvalue weighted by Gasteiger charge is 2.40. The number of carbonyl (C=O) groups is 3. The molecule has 4 rings (SSSR count). The van der Waals surface area contributed by atoms with Gasteiger partial charge >= 0.3 is 5.97 Å². The highest BCUT2D eigenvalue weighted by molar-refractivity contribution is 8.27. The zero-order chi connectivity index (χ0) is 28.5. The van der Waals surface area contributed by atoms with Crippen LogP contribution in [0, 0.1) is 0 Å². The standard InChI is InChI=1S/C30H26N2O4S4/c33-26-24(18-9-15-21-11-3-1-4-12-21)39-29(37)31(26)20-8-7-17-23(28(35)36)32-27(34)25(40-30(32)38)19-10-16-22-13-5-2-6-14-22/h1-6,9-16,18-19,23H,7-8,17,20H2,(H,35,36)/b15-9-,16-10+,24-18+,25-19+/t23-/m0/s1. The predicted octanol–water partition coefficient (Wildman–Crippen LogP) is 6.53. The molecular weight excluding hydrogens is 581 g/mol. The number of aliphatic carboxylic acids is 1. The third kappa shape index (κ3) is 7.66. The first-order valence-corrected chi connectivity index (χ1v) is 15.0. The topological polar surface area (TPSA) is 77.9 Å². The van der Waals surface area contributed by atoms with E-state index in [1.807, 2.05) is 78.9 Å². The summed E-state index contributed by atoms with van der Waals surface area (Å²) in [5, 5.41) is 9.88. The first kappa shape index (κ1) is 29.7. The fourth-order valence-corrected chi connectivity index (χ4v) is 6.63. The van der Waals surface area contributed by atoms with E-state index in [0.29, 0.717) is 33.5 Å². The van der Waals surface area contributed by atoms with E-state index in [4.69, 9.17) is 24.4 Å². The average Bonchev–Trinajstić information content (AvgIpc) is 3.38. The van der Waals surface area contributed by atoms with E-state index in [-0.39, 0.29) is 16.6 Å². The van der Waals surface area contributed by atoms with Crippen LogP contribution >= 0.6 is 48.0 Å². The summed E-state index contributed by atoms with van der Waals surface area (Å²) >= 11 is 13.1. The van der Waals surface area contributed by atoms with Crippen LogP contribution in [-0.2, 0) is 14.4 Å². The van der Waals surface area contributed by atoms with E-state index in [0.717, 1.165) is 22.9 Å². The van der Waals surface area contributed by atoms with Gasteiger partial charge < -0.3 is 5.11 Å². The molecule has 2 amide bonds. The van der Waals surface area contributed by atoms with Crippen LogP contribution in [0.15, 0.2) is 94.8 Å². The molecule has 2 aliphatic rings. The van der Waals surface area contributed by atoms with Gasteiger partial charge in [-0.15, -0.1) is 0 Å². The van der Waals surface area contributed by atoms with Crippen molar-refractivity contribution < 1.29 is 19.5 Å². The van der Waals surface area contributed by atoms with Crippen LogP contribution in [0.1, 0.15) is 30.4 Å². The molecule has 0 spiro atoms. The second kappa shape index (κ2) is 14.4. The molecule has 0 aromatic heterocycles. The van der Waals surface area contributed by atoms with Crippen LogP contribution < -0.4 is 0 Å². The number of rotatable bonds is 11. The number of allylic oxidation sites excluding steroid dienone is 4. The predicted molar refractivity (Wildman–Crippen MR) is 171 cm³/mol. The van der Waals surface area contributed by atoms with Gasteiger partial charge in [-0.05, 0) is 42.5 Å². The van der Waals surface area contributed by atoms with E-state index >= 15 is 0 Å². The molecule has 2 saturated heterocycles. The summed E-state index contributed by atoms with van der Waals surface area (Å²) in [7, 11) is 0. The fraction of sp³-hybridized carbons (Fsp3) is 0.167. The molecule has 1 N–H and O–H groups in total. The van der Waals surface area contributed by atoms with Crippen molar-refractivity contribution in [3.63, 3.8) is 0 Å². The number of unbranched alkanes of at least 4 members (excludes halogenated alkanes) is 1. The molecule has 204 valence electrons. The molecule has 2 fully saturated rings. The molecular formula is C30H26N2O4S4. The molecule has 10 heteroatoms. The maximum atomic E-state index is 13.0. The molecule has 2 aromatic carbocycles. The summed E-state index contributed by atoms with van der Waals surface area (Å²) in [5.74, 6) is -1.69. The second-order valence-electron chi connectivity index (χ2n) is 8.82. The maximum Gasteiger partial charge on any atom is 0.326 e. The van der Waals surface area contributed by atoms with Gasteiger partial charge in [0.25, 0.3) is 11.8 Å². The van der Waals surface area contributed by atoms with Crippen molar-refractivity contribution in [1.82, 2.24) is 9.80 Å². The van der Waals surface area contributed by atoms with Gasteiger partial charge in [-0.1, -0.05) is 133 Å². The highest BCUT2D eigenvalue weighted by atomic mass is 32.2. The Labute approximate surface area is 252 Å². The van der Waals surface area contributed by atoms with Crippen LogP contribution in [0.4, 0.5) is 0 Å². The Morgan fingerprint density at radius 1 is 0.800 bits per heavy atom. The smallest absolute Gasteiger partial charge is 0.326 e. The Bertz CT molecular complexity index is 1420. The van der Waals surface area contributed by atoms with Crippen LogP contribution in [0.3, 0.4) is 0 Å². The minimum absolute atomic E-state index is 0.159. The van der Waals surface area contributed by atoms with Crippen LogP contribution in [-0.4, -0.2) is 53.9 Å². The maximum absolute atomic E-state index is 13.0. The van der Waals surface area contributed by atoms with Gasteiger partial charge in [0.05, 0.1) is 9.81 Å². The van der Waals surface area contributed by atoms with Crippen molar-refractivity contribution in [3.05, 3.63) is 106 Å². The number of hydrogen-bond donors (Lipinski definition) is 1. The zero-order valence-corrected chi connectivity index (χ0v) is 24.6. The van der Waals surface area contributed by atoms with Gasteiger partial charge in [0.2, 0.25) is 0 Å². The summed E-state index contributed by atoms with van der Waals surface area (Å²) in [5.41, 5.74) is 2.01. The van der Waals surface area contributed by atoms with Crippen molar-refractivity contribution in [1.29, 1.82) is 0 Å². The molecule has 6 nitrogen and oxygen atoms in total. The van der Waals surface area contributed by atoms with Crippen LogP contribution in [0.5, 0.6) is 0 Å². The Balaban J connectivity index is 1.30. The van der Waals surface area contributed by atoms with Crippen molar-refractivity contribution in [2.45, 2.75) is 25.3 Å². The Kier molecular flexibility index (Phi) is 10.7. The molecule has 1 atom stereocenters. The number of thiocarbonyl (C=S) groups is 2. The van der Waals surface area contributed by atoms with Crippen molar-refractivity contribution in [2.75, 3.05) is 6.54 Å². The number of nitrogens with zero attached hydrogens (tertiary/aromatic N) is 2. The van der Waals surface area contributed by atoms with E-state index < -0.39 is 17.9 Å². The largest absolute Gasteiger partial charge is 0.480 e. The van der Waals surface area contributed by atoms with E-state index in [1.54, 1.807) is 23.1 Å². The Morgan fingerprint density at radius 3 is 1.88 bits per heavy atom. The quantitative estimate of drug-likeness (QED) is 0.176. The normalized spacial score (nSPS) is 18.8. The molecule has 0 saturated carbocycles. The van der Waals surface area contributed by atoms with Gasteiger partial charge in [0.1, 0.15) is 14.7 Å². The van der Waals surface area contributed by atoms with Gasteiger partial charge in [-0.25, -0.2) is 4.79 Å². The third-order valence-corrected chi connectivity index (χ3v) is 8.82. The molecule has 2 aromatic rings. The number of thioether (sulfide) groups is 2. The molecule has 0 unspecified atom stereocenters. The van der Waals surface area contributed by atoms with Crippen LogP contribution in [0.25, 0.3) is 12.2 Å². The highest BCUT2D eigenvalue weighted by Crippen LogP contribution is 2.34. The van der Waals surface area contributed by atoms with Gasteiger partial charge in [-0.2, -0.15) is 0 Å². The first-order chi connectivity index (χ1) is 19.3. The van der Waals surface area contributed by atoms with Crippen LogP contribution in [0.2, 0.25) is 0 Å². The lowest BCUT2D eigenvalue weighted by Gasteiger charge is -2.23. The number of amides is 2. The summed E-state index contributed by atoms with van der Waals surface area (Å²) in [4.78, 5) is 41.6. The molecule has 40 heavy (non-hydrogen) atoms. The monoisotopic (exact) mass is 606 g/mol. The Hall–Kier alpha value is -3.31. The third-order valence-electron chi connectivity index (χ3n) is 6.07. The minimum atomic E-state index is -1.11. The molecule has 2 aliphatic heterocycles. The van der Waals surface area contributed by atoms with Crippen molar-refractivity contribution in [3.8, 4) is 0 Å². The van der Waals surface area contributed by atoms with Gasteiger partial charge in [0, 0.05) is 6.54 Å². The molecule has 0 bridgehead atoms. The lowest BCUT2D eigenvalue weighted by Crippen LogP contribution is -2.44. The molecule has 0 radical (unpaired) electrons. The second-order valence-corrected chi connectivity index (χ2v) is 12.2. The lowest BCUT2D eigenvalue weighted by atomic mass is 10.1. The number of benzene rings is 2. The van der Waals surface area contributed by atoms with Crippen molar-refractivity contribution >= 4 is 86.5 Å². The van der Waals surface area contributed by atoms with Gasteiger partial charge in [-0.3, -0.25) is 19.4 Å². The minimum Gasteiger partial charge on any atom is -0.480 e. The summed E-state index contributed by atoms with van der Waals surface area (Å²) < 4.78 is 0.701. The summed E-state index contributed by atoms with van der Waals surface area (Å²) in [6.07, 6.45) is 12.0. The number of carboxylic acid groups (broad SMARTS) is 1. The lowest BCUT2D eigenvalue weighted by molar-refractivity contribution is -0.145. The summed E-state index contributed by atoms with van der Waals surface area (Å²) in [6, 6.07) is 18.3. The zero-order valence-electron chi connectivity index (χ0n) is 21.3. The van der Waals surface area contributed by atoms with E-state index in [1.165, 1.54) is 16.7 Å². The van der Waals surface area contributed by atoms with E-state index in [2.05, 4.69) is 0 Å². The average molecular weight is 607 g/mol. The molecule has 0 aliphatic carbocycles. The summed E-state index contributed by atoms with van der Waals surface area (Å²) in [6.45, 7) is 0.374.